The number of hydrogen-bond acceptors (Lipinski definition) is 1. The predicted molar refractivity (Wildman–Crippen MR) is 106 cm³/mol. The summed E-state index contributed by atoms with van der Waals surface area (Å²) in [5, 5.41) is 2.08. The lowest BCUT2D eigenvalue weighted by Crippen LogP contribution is -2.30. The first-order valence-corrected chi connectivity index (χ1v) is 10.6. The fourth-order valence-corrected chi connectivity index (χ4v) is 5.63. The van der Waals surface area contributed by atoms with E-state index in [-0.39, 0.29) is 5.75 Å². The van der Waals surface area contributed by atoms with Gasteiger partial charge in [0.15, 0.2) is 0 Å². The van der Waals surface area contributed by atoms with Crippen molar-refractivity contribution in [2.45, 2.75) is 70.8 Å². The van der Waals surface area contributed by atoms with Crippen LogP contribution in [0.5, 0.6) is 5.75 Å². The van der Waals surface area contributed by atoms with Gasteiger partial charge in [0.1, 0.15) is 5.75 Å². The van der Waals surface area contributed by atoms with Crippen LogP contribution in [0.4, 0.5) is 8.78 Å². The van der Waals surface area contributed by atoms with Crippen molar-refractivity contribution >= 4 is 10.8 Å². The maximum absolute atomic E-state index is 12.4. The molecule has 2 aliphatic carbocycles. The molecule has 0 radical (unpaired) electrons. The summed E-state index contributed by atoms with van der Waals surface area (Å²) in [5.74, 6) is 3.69. The van der Waals surface area contributed by atoms with Gasteiger partial charge in [-0.05, 0) is 84.2 Å². The van der Waals surface area contributed by atoms with Gasteiger partial charge in [0, 0.05) is 0 Å². The number of ether oxygens (including phenoxy) is 1. The molecule has 0 spiro atoms. The van der Waals surface area contributed by atoms with Crippen molar-refractivity contribution in [2.24, 2.45) is 17.8 Å². The molecule has 3 heteroatoms. The van der Waals surface area contributed by atoms with Crippen LogP contribution in [0.3, 0.4) is 0 Å². The summed E-state index contributed by atoms with van der Waals surface area (Å²) >= 11 is 0. The van der Waals surface area contributed by atoms with Crippen LogP contribution in [0.2, 0.25) is 0 Å². The van der Waals surface area contributed by atoms with Crippen molar-refractivity contribution in [3.63, 3.8) is 0 Å². The van der Waals surface area contributed by atoms with Crippen LogP contribution in [0, 0.1) is 17.8 Å². The average molecular weight is 372 g/mol. The Morgan fingerprint density at radius 1 is 0.926 bits per heavy atom. The molecule has 2 aromatic rings. The minimum absolute atomic E-state index is 0.231. The molecule has 0 heterocycles. The summed E-state index contributed by atoms with van der Waals surface area (Å²) in [6.45, 7) is -0.463. The molecule has 0 aliphatic heterocycles. The summed E-state index contributed by atoms with van der Waals surface area (Å²) in [5.41, 5.74) is 1.42. The van der Waals surface area contributed by atoms with E-state index in [1.165, 1.54) is 56.9 Å². The number of fused-ring (bicyclic) bond motifs is 2. The first-order chi connectivity index (χ1) is 13.1. The lowest BCUT2D eigenvalue weighted by molar-refractivity contribution is -0.0497. The van der Waals surface area contributed by atoms with E-state index < -0.39 is 6.61 Å². The molecule has 27 heavy (non-hydrogen) atoms. The maximum Gasteiger partial charge on any atom is 0.387 e. The van der Waals surface area contributed by atoms with Crippen LogP contribution in [-0.2, 0) is 0 Å². The van der Waals surface area contributed by atoms with Gasteiger partial charge in [-0.3, -0.25) is 0 Å². The number of alkyl halides is 2. The Morgan fingerprint density at radius 3 is 2.48 bits per heavy atom. The number of benzene rings is 2. The Hall–Kier alpha value is -1.64. The molecule has 1 nitrogen and oxygen atoms in total. The van der Waals surface area contributed by atoms with E-state index in [0.29, 0.717) is 5.92 Å². The highest BCUT2D eigenvalue weighted by molar-refractivity contribution is 5.84. The van der Waals surface area contributed by atoms with E-state index in [1.54, 1.807) is 12.1 Å². The van der Waals surface area contributed by atoms with E-state index in [4.69, 9.17) is 0 Å². The molecule has 0 N–H and O–H groups in total. The largest absolute Gasteiger partial charge is 0.435 e. The average Bonchev–Trinajstić information content (AvgIpc) is 2.67. The molecule has 4 rings (SSSR count). The Balaban J connectivity index is 1.45. The van der Waals surface area contributed by atoms with Crippen molar-refractivity contribution in [1.82, 2.24) is 0 Å². The molecule has 0 bridgehead atoms. The van der Waals surface area contributed by atoms with Gasteiger partial charge in [0.2, 0.25) is 0 Å². The first kappa shape index (κ1) is 18.7. The van der Waals surface area contributed by atoms with Gasteiger partial charge in [-0.15, -0.1) is 0 Å². The second kappa shape index (κ2) is 8.16. The molecular weight excluding hydrogens is 342 g/mol. The normalized spacial score (nSPS) is 28.3. The van der Waals surface area contributed by atoms with Crippen LogP contribution in [0.15, 0.2) is 36.4 Å². The fourth-order valence-electron chi connectivity index (χ4n) is 5.63. The van der Waals surface area contributed by atoms with Gasteiger partial charge in [0.05, 0.1) is 0 Å². The second-order valence-corrected chi connectivity index (χ2v) is 8.64. The number of rotatable bonds is 5. The molecule has 0 aromatic heterocycles. The van der Waals surface area contributed by atoms with Crippen LogP contribution in [0.1, 0.15) is 69.8 Å². The van der Waals surface area contributed by atoms with Gasteiger partial charge < -0.3 is 4.74 Å². The van der Waals surface area contributed by atoms with Gasteiger partial charge in [-0.25, -0.2) is 0 Å². The third kappa shape index (κ3) is 4.28. The van der Waals surface area contributed by atoms with Crippen LogP contribution in [0.25, 0.3) is 10.8 Å². The second-order valence-electron chi connectivity index (χ2n) is 8.64. The molecule has 2 aliphatic rings. The molecule has 4 atom stereocenters. The zero-order valence-corrected chi connectivity index (χ0v) is 16.2. The van der Waals surface area contributed by atoms with E-state index in [2.05, 4.69) is 29.9 Å². The van der Waals surface area contributed by atoms with Crippen molar-refractivity contribution in [3.8, 4) is 5.75 Å². The third-order valence-electron chi connectivity index (χ3n) is 6.95. The summed E-state index contributed by atoms with van der Waals surface area (Å²) in [6.07, 6.45) is 11.0. The highest BCUT2D eigenvalue weighted by Crippen LogP contribution is 2.48. The molecule has 2 unspecified atom stereocenters. The Labute approximate surface area is 161 Å². The fraction of sp³-hybridized carbons (Fsp3) is 0.583. The smallest absolute Gasteiger partial charge is 0.387 e. The molecule has 2 fully saturated rings. The molecule has 0 saturated heterocycles. The zero-order valence-electron chi connectivity index (χ0n) is 16.2. The van der Waals surface area contributed by atoms with Crippen LogP contribution in [-0.4, -0.2) is 6.61 Å². The molecule has 2 aromatic carbocycles. The van der Waals surface area contributed by atoms with Gasteiger partial charge in [0.25, 0.3) is 0 Å². The summed E-state index contributed by atoms with van der Waals surface area (Å²) < 4.78 is 29.3. The van der Waals surface area contributed by atoms with E-state index >= 15 is 0 Å². The summed E-state index contributed by atoms with van der Waals surface area (Å²) in [4.78, 5) is 0. The highest BCUT2D eigenvalue weighted by atomic mass is 19.3. The first-order valence-electron chi connectivity index (χ1n) is 10.6. The van der Waals surface area contributed by atoms with Crippen molar-refractivity contribution < 1.29 is 13.5 Å². The van der Waals surface area contributed by atoms with E-state index in [9.17, 15) is 8.78 Å². The van der Waals surface area contributed by atoms with Crippen molar-refractivity contribution in [2.75, 3.05) is 0 Å². The third-order valence-corrected chi connectivity index (χ3v) is 6.95. The molecule has 146 valence electrons. The van der Waals surface area contributed by atoms with Gasteiger partial charge >= 0.3 is 6.61 Å². The monoisotopic (exact) mass is 372 g/mol. The molecule has 0 amide bonds. The number of hydrogen-bond donors (Lipinski definition) is 0. The topological polar surface area (TPSA) is 9.23 Å². The lowest BCUT2D eigenvalue weighted by Gasteiger charge is -2.42. The maximum atomic E-state index is 12.4. The SMILES string of the molecule is CCC[C@@H]1CC[C@@H]2CC(c3ccc4cc(OC(F)F)ccc4c3)CCC2C1. The Bertz CT molecular complexity index is 772. The molecule has 2 saturated carbocycles. The van der Waals surface area contributed by atoms with E-state index in [0.717, 1.165) is 28.5 Å². The van der Waals surface area contributed by atoms with Gasteiger partial charge in [-0.1, -0.05) is 50.5 Å². The van der Waals surface area contributed by atoms with Crippen molar-refractivity contribution in [1.29, 1.82) is 0 Å². The summed E-state index contributed by atoms with van der Waals surface area (Å²) in [7, 11) is 0. The highest BCUT2D eigenvalue weighted by Gasteiger charge is 2.35. The van der Waals surface area contributed by atoms with Crippen LogP contribution < -0.4 is 4.74 Å². The standard InChI is InChI=1S/C24H30F2O/c1-2-3-16-4-5-18-13-19(7-6-17(18)12-16)20-8-9-22-15-23(27-24(25)26)11-10-21(22)14-20/h8-11,14-19,24H,2-7,12-13H2,1H3/t16-,17?,18-,19?/m1/s1. The summed E-state index contributed by atoms with van der Waals surface area (Å²) in [6, 6.07) is 11.8. The van der Waals surface area contributed by atoms with Crippen molar-refractivity contribution in [3.05, 3.63) is 42.0 Å². The van der Waals surface area contributed by atoms with E-state index in [1.807, 2.05) is 6.07 Å². The minimum Gasteiger partial charge on any atom is -0.435 e. The number of halogens is 2. The lowest BCUT2D eigenvalue weighted by atomic mass is 9.63. The molecular formula is C24H30F2O. The minimum atomic E-state index is -2.77. The predicted octanol–water partition coefficient (Wildman–Crippen LogP) is 7.54. The Morgan fingerprint density at radius 2 is 1.67 bits per heavy atom. The van der Waals surface area contributed by atoms with Crippen LogP contribution >= 0.6 is 0 Å². The zero-order chi connectivity index (χ0) is 18.8. The van der Waals surface area contributed by atoms with Gasteiger partial charge in [-0.2, -0.15) is 8.78 Å². The Kier molecular flexibility index (Phi) is 5.66. The quantitative estimate of drug-likeness (QED) is 0.527.